The van der Waals surface area contributed by atoms with Gasteiger partial charge in [-0.05, 0) is 60.7 Å². The van der Waals surface area contributed by atoms with Crippen LogP contribution in [0.5, 0.6) is 0 Å². The molecule has 0 heterocycles. The molecule has 0 saturated carbocycles. The molecular weight excluding hydrogens is 387 g/mol. The second-order valence-corrected chi connectivity index (χ2v) is 7.19. The smallest absolute Gasteiger partial charge is 0.0452 e. The van der Waals surface area contributed by atoms with Crippen molar-refractivity contribution in [1.29, 1.82) is 0 Å². The Morgan fingerprint density at radius 2 is 1.79 bits per heavy atom. The first-order chi connectivity index (χ1) is 8.97. The third-order valence-corrected chi connectivity index (χ3v) is 4.89. The van der Waals surface area contributed by atoms with Crippen molar-refractivity contribution in [3.63, 3.8) is 0 Å². The van der Waals surface area contributed by atoms with E-state index in [1.807, 2.05) is 12.1 Å². The summed E-state index contributed by atoms with van der Waals surface area (Å²) in [5.41, 5.74) is 4.95. The van der Waals surface area contributed by atoms with Gasteiger partial charge < -0.3 is 0 Å². The minimum atomic E-state index is 0.230. The van der Waals surface area contributed by atoms with Crippen LogP contribution in [0.3, 0.4) is 0 Å². The molecule has 19 heavy (non-hydrogen) atoms. The van der Waals surface area contributed by atoms with Gasteiger partial charge in [-0.25, -0.2) is 0 Å². The highest BCUT2D eigenvalue weighted by atomic mass is 79.9. The molecule has 0 N–H and O–H groups in total. The molecule has 0 nitrogen and oxygen atoms in total. The standard InChI is InChI=1S/C16H15Br2Cl/c1-10-6-14(16(19)7-11(10)2)15(18)9-12-4-3-5-13(17)8-12/h3-8,15H,9H2,1-2H3. The van der Waals surface area contributed by atoms with Gasteiger partial charge in [0, 0.05) is 14.3 Å². The summed E-state index contributed by atoms with van der Waals surface area (Å²) in [5, 5.41) is 0.833. The lowest BCUT2D eigenvalue weighted by Gasteiger charge is -2.14. The quantitative estimate of drug-likeness (QED) is 0.521. The largest absolute Gasteiger partial charge is 0.0840 e. The van der Waals surface area contributed by atoms with Gasteiger partial charge in [-0.2, -0.15) is 0 Å². The Hall–Kier alpha value is -0.310. The molecule has 1 unspecified atom stereocenters. The summed E-state index contributed by atoms with van der Waals surface area (Å²) >= 11 is 13.6. The second kappa shape index (κ2) is 6.43. The first kappa shape index (κ1) is 15.1. The van der Waals surface area contributed by atoms with E-state index >= 15 is 0 Å². The van der Waals surface area contributed by atoms with Crippen molar-refractivity contribution in [3.8, 4) is 0 Å². The van der Waals surface area contributed by atoms with E-state index in [2.05, 4.69) is 70.0 Å². The number of alkyl halides is 1. The fourth-order valence-electron chi connectivity index (χ4n) is 2.02. The molecule has 0 aliphatic rings. The minimum Gasteiger partial charge on any atom is -0.0840 e. The van der Waals surface area contributed by atoms with Crippen LogP contribution < -0.4 is 0 Å². The van der Waals surface area contributed by atoms with Crippen molar-refractivity contribution < 1.29 is 0 Å². The Kier molecular flexibility index (Phi) is 5.10. The van der Waals surface area contributed by atoms with Gasteiger partial charge in [-0.3, -0.25) is 0 Å². The van der Waals surface area contributed by atoms with E-state index in [0.29, 0.717) is 0 Å². The van der Waals surface area contributed by atoms with Gasteiger partial charge >= 0.3 is 0 Å². The van der Waals surface area contributed by atoms with Gasteiger partial charge in [-0.1, -0.05) is 61.7 Å². The van der Waals surface area contributed by atoms with Crippen LogP contribution in [0, 0.1) is 13.8 Å². The fourth-order valence-corrected chi connectivity index (χ4v) is 3.71. The predicted octanol–water partition coefficient (Wildman–Crippen LogP) is 6.40. The molecule has 0 spiro atoms. The fraction of sp³-hybridized carbons (Fsp3) is 0.250. The Bertz CT molecular complexity index is 593. The van der Waals surface area contributed by atoms with Crippen molar-refractivity contribution in [1.82, 2.24) is 0 Å². The summed E-state index contributed by atoms with van der Waals surface area (Å²) in [4.78, 5) is 0.230. The molecule has 0 radical (unpaired) electrons. The number of rotatable bonds is 3. The maximum absolute atomic E-state index is 6.35. The van der Waals surface area contributed by atoms with E-state index in [9.17, 15) is 0 Å². The summed E-state index contributed by atoms with van der Waals surface area (Å²) in [7, 11) is 0. The lowest BCUT2D eigenvalue weighted by molar-refractivity contribution is 0.944. The number of benzene rings is 2. The molecule has 0 saturated heterocycles. The van der Waals surface area contributed by atoms with E-state index in [4.69, 9.17) is 11.6 Å². The van der Waals surface area contributed by atoms with Crippen LogP contribution in [-0.4, -0.2) is 0 Å². The molecule has 0 aromatic heterocycles. The van der Waals surface area contributed by atoms with Crippen LogP contribution in [0.1, 0.15) is 27.1 Å². The number of hydrogen-bond acceptors (Lipinski definition) is 0. The van der Waals surface area contributed by atoms with Crippen LogP contribution in [0.15, 0.2) is 40.9 Å². The lowest BCUT2D eigenvalue weighted by atomic mass is 10.0. The van der Waals surface area contributed by atoms with Crippen molar-refractivity contribution in [2.75, 3.05) is 0 Å². The predicted molar refractivity (Wildman–Crippen MR) is 90.4 cm³/mol. The summed E-state index contributed by atoms with van der Waals surface area (Å²) < 4.78 is 1.11. The highest BCUT2D eigenvalue weighted by Gasteiger charge is 2.13. The van der Waals surface area contributed by atoms with Crippen LogP contribution in [0.2, 0.25) is 5.02 Å². The Balaban J connectivity index is 2.25. The summed E-state index contributed by atoms with van der Waals surface area (Å²) in [6.07, 6.45) is 0.918. The third kappa shape index (κ3) is 3.84. The molecule has 0 fully saturated rings. The molecule has 2 aromatic rings. The van der Waals surface area contributed by atoms with Gasteiger partial charge in [-0.15, -0.1) is 0 Å². The lowest BCUT2D eigenvalue weighted by Crippen LogP contribution is -1.98. The average molecular weight is 403 g/mol. The summed E-state index contributed by atoms with van der Waals surface area (Å²) in [6, 6.07) is 12.6. The molecule has 3 heteroatoms. The van der Waals surface area contributed by atoms with Gasteiger partial charge in [0.25, 0.3) is 0 Å². The maximum Gasteiger partial charge on any atom is 0.0452 e. The van der Waals surface area contributed by atoms with E-state index in [1.165, 1.54) is 16.7 Å². The van der Waals surface area contributed by atoms with Crippen molar-refractivity contribution in [3.05, 3.63) is 68.1 Å². The van der Waals surface area contributed by atoms with Crippen LogP contribution in [0.4, 0.5) is 0 Å². The molecule has 2 rings (SSSR count). The number of aryl methyl sites for hydroxylation is 2. The van der Waals surface area contributed by atoms with Gasteiger partial charge in [0.2, 0.25) is 0 Å². The zero-order valence-corrected chi connectivity index (χ0v) is 14.8. The number of hydrogen-bond donors (Lipinski definition) is 0. The van der Waals surface area contributed by atoms with Crippen molar-refractivity contribution >= 4 is 43.5 Å². The summed E-state index contributed by atoms with van der Waals surface area (Å²) in [6.45, 7) is 4.20. The van der Waals surface area contributed by atoms with Crippen LogP contribution in [-0.2, 0) is 6.42 Å². The SMILES string of the molecule is Cc1cc(Cl)c(C(Br)Cc2cccc(Br)c2)cc1C. The minimum absolute atomic E-state index is 0.230. The van der Waals surface area contributed by atoms with Gasteiger partial charge in [0.15, 0.2) is 0 Å². The molecule has 0 aliphatic carbocycles. The maximum atomic E-state index is 6.35. The molecular formula is C16H15Br2Cl. The molecule has 0 bridgehead atoms. The zero-order valence-electron chi connectivity index (χ0n) is 10.9. The number of halogens is 3. The zero-order chi connectivity index (χ0) is 14.0. The van der Waals surface area contributed by atoms with E-state index in [1.54, 1.807) is 0 Å². The molecule has 100 valence electrons. The van der Waals surface area contributed by atoms with Crippen LogP contribution >= 0.6 is 43.5 Å². The molecule has 0 aliphatic heterocycles. The molecule has 0 amide bonds. The second-order valence-electron chi connectivity index (χ2n) is 4.76. The van der Waals surface area contributed by atoms with Crippen molar-refractivity contribution in [2.24, 2.45) is 0 Å². The van der Waals surface area contributed by atoms with Crippen LogP contribution in [0.25, 0.3) is 0 Å². The van der Waals surface area contributed by atoms with E-state index in [0.717, 1.165) is 21.5 Å². The van der Waals surface area contributed by atoms with Crippen molar-refractivity contribution in [2.45, 2.75) is 25.1 Å². The highest BCUT2D eigenvalue weighted by molar-refractivity contribution is 9.10. The monoisotopic (exact) mass is 400 g/mol. The molecule has 1 atom stereocenters. The van der Waals surface area contributed by atoms with E-state index in [-0.39, 0.29) is 4.83 Å². The first-order valence-electron chi connectivity index (χ1n) is 6.12. The third-order valence-electron chi connectivity index (χ3n) is 3.25. The average Bonchev–Trinajstić information content (AvgIpc) is 2.33. The Labute approximate surface area is 136 Å². The Morgan fingerprint density at radius 3 is 2.47 bits per heavy atom. The van der Waals surface area contributed by atoms with Gasteiger partial charge in [0.1, 0.15) is 0 Å². The summed E-state index contributed by atoms with van der Waals surface area (Å²) in [5.74, 6) is 0. The van der Waals surface area contributed by atoms with E-state index < -0.39 is 0 Å². The van der Waals surface area contributed by atoms with Gasteiger partial charge in [0.05, 0.1) is 0 Å². The topological polar surface area (TPSA) is 0 Å². The normalized spacial score (nSPS) is 12.5. The molecule has 2 aromatic carbocycles. The first-order valence-corrected chi connectivity index (χ1v) is 8.21. The highest BCUT2D eigenvalue weighted by Crippen LogP contribution is 2.34. The Morgan fingerprint density at radius 1 is 1.11 bits per heavy atom.